The van der Waals surface area contributed by atoms with E-state index in [1.165, 1.54) is 13.8 Å². The summed E-state index contributed by atoms with van der Waals surface area (Å²) < 4.78 is 85.1. The average molecular weight is 393 g/mol. The van der Waals surface area contributed by atoms with Gasteiger partial charge in [0.05, 0.1) is 29.1 Å². The number of benzene rings is 1. The van der Waals surface area contributed by atoms with E-state index in [0.717, 1.165) is 24.3 Å². The molecule has 2 aromatic rings. The molecule has 0 unspecified atom stereocenters. The van der Waals surface area contributed by atoms with Gasteiger partial charge in [0.25, 0.3) is 0 Å². The second-order valence-electron chi connectivity index (χ2n) is 5.31. The fraction of sp³-hybridized carbons (Fsp3) is 0.294. The summed E-state index contributed by atoms with van der Waals surface area (Å²) in [7, 11) is 0. The van der Waals surface area contributed by atoms with Crippen LogP contribution in [0, 0.1) is 6.92 Å². The molecule has 1 heterocycles. The van der Waals surface area contributed by atoms with Gasteiger partial charge in [-0.1, -0.05) is 0 Å². The van der Waals surface area contributed by atoms with Crippen LogP contribution in [0.15, 0.2) is 30.3 Å². The molecule has 0 bridgehead atoms. The van der Waals surface area contributed by atoms with Gasteiger partial charge in [-0.05, 0) is 44.2 Å². The topological polar surface area (TPSA) is 48.4 Å². The van der Waals surface area contributed by atoms with Gasteiger partial charge in [-0.2, -0.15) is 13.2 Å². The molecule has 0 saturated heterocycles. The molecule has 4 nitrogen and oxygen atoms in total. The highest BCUT2D eigenvalue weighted by Gasteiger charge is 2.38. The maximum absolute atomic E-state index is 13.4. The number of pyridine rings is 1. The molecular formula is C17H13F6NO3. The van der Waals surface area contributed by atoms with Crippen LogP contribution >= 0.6 is 0 Å². The molecule has 2 rings (SSSR count). The van der Waals surface area contributed by atoms with Gasteiger partial charge in [0.15, 0.2) is 0 Å². The summed E-state index contributed by atoms with van der Waals surface area (Å²) in [4.78, 5) is 15.8. The highest BCUT2D eigenvalue weighted by atomic mass is 19.4. The van der Waals surface area contributed by atoms with Gasteiger partial charge in [-0.3, -0.25) is 4.98 Å². The quantitative estimate of drug-likeness (QED) is 0.532. The molecule has 0 aliphatic rings. The first-order valence-corrected chi connectivity index (χ1v) is 7.54. The fourth-order valence-corrected chi connectivity index (χ4v) is 2.33. The molecule has 0 saturated carbocycles. The summed E-state index contributed by atoms with van der Waals surface area (Å²) in [5.41, 5.74) is -2.20. The van der Waals surface area contributed by atoms with E-state index in [4.69, 9.17) is 0 Å². The van der Waals surface area contributed by atoms with Crippen molar-refractivity contribution in [1.82, 2.24) is 4.98 Å². The summed E-state index contributed by atoms with van der Waals surface area (Å²) in [6.45, 7) is 2.55. The maximum Gasteiger partial charge on any atom is 0.573 e. The highest BCUT2D eigenvalue weighted by molar-refractivity contribution is 5.93. The lowest BCUT2D eigenvalue weighted by atomic mass is 10.0. The van der Waals surface area contributed by atoms with Gasteiger partial charge in [0, 0.05) is 5.56 Å². The van der Waals surface area contributed by atoms with Crippen LogP contribution in [0.25, 0.3) is 11.3 Å². The zero-order valence-electron chi connectivity index (χ0n) is 14.0. The van der Waals surface area contributed by atoms with Gasteiger partial charge in [0.2, 0.25) is 0 Å². The number of aromatic nitrogens is 1. The second kappa shape index (κ2) is 7.45. The Morgan fingerprint density at radius 2 is 1.67 bits per heavy atom. The second-order valence-corrected chi connectivity index (χ2v) is 5.31. The van der Waals surface area contributed by atoms with Crippen LogP contribution in [0.5, 0.6) is 5.75 Å². The molecule has 0 amide bonds. The lowest BCUT2D eigenvalue weighted by molar-refractivity contribution is -0.274. The van der Waals surface area contributed by atoms with Crippen LogP contribution in [0.3, 0.4) is 0 Å². The van der Waals surface area contributed by atoms with Crippen LogP contribution in [-0.2, 0) is 10.9 Å². The minimum absolute atomic E-state index is 0.113. The Labute approximate surface area is 149 Å². The number of alkyl halides is 6. The van der Waals surface area contributed by atoms with Crippen molar-refractivity contribution in [3.63, 3.8) is 0 Å². The van der Waals surface area contributed by atoms with Crippen molar-refractivity contribution in [3.8, 4) is 17.0 Å². The van der Waals surface area contributed by atoms with Crippen LogP contribution in [-0.4, -0.2) is 23.9 Å². The van der Waals surface area contributed by atoms with E-state index < -0.39 is 35.4 Å². The highest BCUT2D eigenvalue weighted by Crippen LogP contribution is 2.36. The van der Waals surface area contributed by atoms with Crippen molar-refractivity contribution in [2.45, 2.75) is 26.4 Å². The molecule has 0 aliphatic carbocycles. The summed E-state index contributed by atoms with van der Waals surface area (Å²) in [5.74, 6) is -1.68. The van der Waals surface area contributed by atoms with E-state index in [1.807, 2.05) is 0 Å². The molecule has 0 atom stereocenters. The zero-order chi connectivity index (χ0) is 20.4. The van der Waals surface area contributed by atoms with Crippen molar-refractivity contribution >= 4 is 5.97 Å². The summed E-state index contributed by atoms with van der Waals surface area (Å²) in [6.07, 6.45) is -9.75. The smallest absolute Gasteiger partial charge is 0.462 e. The van der Waals surface area contributed by atoms with Gasteiger partial charge in [0.1, 0.15) is 5.75 Å². The average Bonchev–Trinajstić information content (AvgIpc) is 2.52. The van der Waals surface area contributed by atoms with Gasteiger partial charge >= 0.3 is 18.5 Å². The minimum atomic E-state index is -4.89. The molecule has 0 spiro atoms. The lowest BCUT2D eigenvalue weighted by Gasteiger charge is -2.16. The number of esters is 1. The number of nitrogens with zero attached hydrogens (tertiary/aromatic N) is 1. The first-order valence-electron chi connectivity index (χ1n) is 7.54. The number of aryl methyl sites for hydroxylation is 1. The van der Waals surface area contributed by atoms with E-state index in [1.54, 1.807) is 0 Å². The van der Waals surface area contributed by atoms with Crippen molar-refractivity contribution in [2.24, 2.45) is 0 Å². The fourth-order valence-electron chi connectivity index (χ4n) is 2.33. The number of carbonyl (C=O) groups excluding carboxylic acids is 1. The third-order valence-electron chi connectivity index (χ3n) is 3.37. The van der Waals surface area contributed by atoms with E-state index in [2.05, 4.69) is 14.5 Å². The number of ether oxygens (including phenoxy) is 2. The standard InChI is InChI=1S/C17H13F6NO3/c1-3-26-15(25)14-9(2)24-13(8-12(14)16(18,19)20)10-4-6-11(7-5-10)27-17(21,22)23/h4-8H,3H2,1-2H3. The third-order valence-corrected chi connectivity index (χ3v) is 3.37. The first kappa shape index (κ1) is 20.5. The molecule has 1 aromatic carbocycles. The Morgan fingerprint density at radius 3 is 2.15 bits per heavy atom. The van der Waals surface area contributed by atoms with E-state index in [-0.39, 0.29) is 23.6 Å². The molecular weight excluding hydrogens is 380 g/mol. The first-order chi connectivity index (χ1) is 12.4. The van der Waals surface area contributed by atoms with E-state index in [0.29, 0.717) is 6.07 Å². The Morgan fingerprint density at radius 1 is 1.07 bits per heavy atom. The molecule has 0 aliphatic heterocycles. The van der Waals surface area contributed by atoms with Crippen LogP contribution in [0.1, 0.15) is 28.5 Å². The maximum atomic E-state index is 13.4. The number of carbonyl (C=O) groups is 1. The number of rotatable bonds is 4. The Balaban J connectivity index is 2.50. The molecule has 0 radical (unpaired) electrons. The molecule has 1 aromatic heterocycles. The van der Waals surface area contributed by atoms with E-state index in [9.17, 15) is 31.1 Å². The monoisotopic (exact) mass is 393 g/mol. The third kappa shape index (κ3) is 5.11. The molecule has 27 heavy (non-hydrogen) atoms. The number of hydrogen-bond donors (Lipinski definition) is 0. The van der Waals surface area contributed by atoms with Crippen molar-refractivity contribution in [3.05, 3.63) is 47.2 Å². The minimum Gasteiger partial charge on any atom is -0.462 e. The molecule has 146 valence electrons. The normalized spacial score (nSPS) is 12.0. The Kier molecular flexibility index (Phi) is 5.67. The molecule has 10 heteroatoms. The predicted octanol–water partition coefficient (Wildman–Crippen LogP) is 5.15. The van der Waals surface area contributed by atoms with Gasteiger partial charge < -0.3 is 9.47 Å². The van der Waals surface area contributed by atoms with E-state index >= 15 is 0 Å². The zero-order valence-corrected chi connectivity index (χ0v) is 14.0. The van der Waals surface area contributed by atoms with Crippen molar-refractivity contribution < 1.29 is 40.6 Å². The van der Waals surface area contributed by atoms with Crippen molar-refractivity contribution in [2.75, 3.05) is 6.61 Å². The SMILES string of the molecule is CCOC(=O)c1c(C(F)(F)F)cc(-c2ccc(OC(F)(F)F)cc2)nc1C. The number of halogens is 6. The van der Waals surface area contributed by atoms with Crippen LogP contribution in [0.4, 0.5) is 26.3 Å². The summed E-state index contributed by atoms with van der Waals surface area (Å²) >= 11 is 0. The number of hydrogen-bond acceptors (Lipinski definition) is 4. The lowest BCUT2D eigenvalue weighted by Crippen LogP contribution is -2.18. The molecule has 0 N–H and O–H groups in total. The Bertz CT molecular complexity index is 828. The summed E-state index contributed by atoms with van der Waals surface area (Å²) in [6, 6.07) is 4.82. The molecule has 0 fully saturated rings. The van der Waals surface area contributed by atoms with Crippen molar-refractivity contribution in [1.29, 1.82) is 0 Å². The van der Waals surface area contributed by atoms with Crippen LogP contribution in [0.2, 0.25) is 0 Å². The largest absolute Gasteiger partial charge is 0.573 e. The van der Waals surface area contributed by atoms with Gasteiger partial charge in [-0.15, -0.1) is 13.2 Å². The summed E-state index contributed by atoms with van der Waals surface area (Å²) in [5, 5.41) is 0. The van der Waals surface area contributed by atoms with Gasteiger partial charge in [-0.25, -0.2) is 4.79 Å². The predicted molar refractivity (Wildman–Crippen MR) is 82.1 cm³/mol. The van der Waals surface area contributed by atoms with Crippen LogP contribution < -0.4 is 4.74 Å². The Hall–Kier alpha value is -2.78.